The molecule has 0 saturated heterocycles. The highest BCUT2D eigenvalue weighted by molar-refractivity contribution is 5.78. The highest BCUT2D eigenvalue weighted by Gasteiger charge is 2.25. The van der Waals surface area contributed by atoms with Gasteiger partial charge in [0.2, 0.25) is 11.8 Å². The number of amides is 2. The van der Waals surface area contributed by atoms with Crippen LogP contribution in [0.15, 0.2) is 16.7 Å². The van der Waals surface area contributed by atoms with Crippen molar-refractivity contribution in [1.29, 1.82) is 0 Å². The van der Waals surface area contributed by atoms with Crippen LogP contribution < -0.4 is 5.32 Å². The second-order valence-corrected chi connectivity index (χ2v) is 7.12. The molecule has 8 nitrogen and oxygen atoms in total. The molecule has 1 aliphatic heterocycles. The summed E-state index contributed by atoms with van der Waals surface area (Å²) in [5, 5.41) is 11.4. The number of carbonyl (C=O) groups is 2. The molecule has 0 unspecified atom stereocenters. The van der Waals surface area contributed by atoms with E-state index in [0.717, 1.165) is 29.9 Å². The lowest BCUT2D eigenvalue weighted by Crippen LogP contribution is -2.39. The highest BCUT2D eigenvalue weighted by Crippen LogP contribution is 2.19. The van der Waals surface area contributed by atoms with Crippen molar-refractivity contribution in [1.82, 2.24) is 25.2 Å². The van der Waals surface area contributed by atoms with Crippen LogP contribution in [0.5, 0.6) is 0 Å². The van der Waals surface area contributed by atoms with E-state index in [4.69, 9.17) is 4.52 Å². The molecule has 0 bridgehead atoms. The molecule has 0 spiro atoms. The number of fused-ring (bicyclic) bond motifs is 1. The standard InChI is InChI=1S/C18H23N5O3/c1-12-8-16(26-21-12)10-18(25)22-6-7-23-15(11-22)9-14(20-23)4-5-17(24)19-13-2-3-13/h8-9,13H,2-7,10-11H2,1H3,(H,19,24). The zero-order valence-electron chi connectivity index (χ0n) is 14.9. The van der Waals surface area contributed by atoms with Gasteiger partial charge >= 0.3 is 0 Å². The van der Waals surface area contributed by atoms with E-state index >= 15 is 0 Å². The van der Waals surface area contributed by atoms with E-state index < -0.39 is 0 Å². The SMILES string of the molecule is Cc1cc(CC(=O)N2CCn3nc(CCC(=O)NC4CC4)cc3C2)on1. The van der Waals surface area contributed by atoms with Gasteiger partial charge in [0.05, 0.1) is 36.6 Å². The van der Waals surface area contributed by atoms with E-state index in [-0.39, 0.29) is 18.2 Å². The average molecular weight is 357 g/mol. The lowest BCUT2D eigenvalue weighted by atomic mass is 10.2. The van der Waals surface area contributed by atoms with E-state index in [1.807, 2.05) is 22.6 Å². The monoisotopic (exact) mass is 357 g/mol. The second kappa shape index (κ2) is 6.93. The fourth-order valence-corrected chi connectivity index (χ4v) is 3.19. The van der Waals surface area contributed by atoms with E-state index in [9.17, 15) is 9.59 Å². The van der Waals surface area contributed by atoms with Gasteiger partial charge in [0.25, 0.3) is 0 Å². The zero-order chi connectivity index (χ0) is 18.1. The van der Waals surface area contributed by atoms with E-state index in [2.05, 4.69) is 15.6 Å². The highest BCUT2D eigenvalue weighted by atomic mass is 16.5. The molecule has 3 heterocycles. The maximum absolute atomic E-state index is 12.5. The first-order chi connectivity index (χ1) is 12.6. The Bertz CT molecular complexity index is 821. The van der Waals surface area contributed by atoms with Gasteiger partial charge in [0.1, 0.15) is 5.76 Å². The molecular formula is C18H23N5O3. The first-order valence-electron chi connectivity index (χ1n) is 9.12. The minimum absolute atomic E-state index is 0.0268. The van der Waals surface area contributed by atoms with Gasteiger partial charge < -0.3 is 14.7 Å². The number of rotatable bonds is 6. The van der Waals surface area contributed by atoms with Gasteiger partial charge in [-0.15, -0.1) is 0 Å². The Morgan fingerprint density at radius 1 is 1.31 bits per heavy atom. The fourth-order valence-electron chi connectivity index (χ4n) is 3.19. The first-order valence-corrected chi connectivity index (χ1v) is 9.12. The topological polar surface area (TPSA) is 93.3 Å². The smallest absolute Gasteiger partial charge is 0.230 e. The Morgan fingerprint density at radius 2 is 2.15 bits per heavy atom. The number of hydrogen-bond donors (Lipinski definition) is 1. The summed E-state index contributed by atoms with van der Waals surface area (Å²) in [4.78, 5) is 26.1. The van der Waals surface area contributed by atoms with Crippen LogP contribution in [-0.4, -0.2) is 44.2 Å². The van der Waals surface area contributed by atoms with Crippen molar-refractivity contribution in [2.45, 2.75) is 58.2 Å². The van der Waals surface area contributed by atoms with E-state index in [0.29, 0.717) is 44.3 Å². The molecule has 0 atom stereocenters. The third-order valence-electron chi connectivity index (χ3n) is 4.75. The minimum atomic E-state index is 0.0268. The maximum Gasteiger partial charge on any atom is 0.230 e. The predicted octanol–water partition coefficient (Wildman–Crippen LogP) is 0.976. The third kappa shape index (κ3) is 3.95. The van der Waals surface area contributed by atoms with Gasteiger partial charge in [0.15, 0.2) is 0 Å². The van der Waals surface area contributed by atoms with Crippen LogP contribution in [0, 0.1) is 6.92 Å². The molecule has 1 fully saturated rings. The Labute approximate surface area is 151 Å². The fraction of sp³-hybridized carbons (Fsp3) is 0.556. The number of nitrogens with one attached hydrogen (secondary N) is 1. The van der Waals surface area contributed by atoms with Crippen LogP contribution in [-0.2, 0) is 35.5 Å². The van der Waals surface area contributed by atoms with Crippen molar-refractivity contribution in [2.24, 2.45) is 0 Å². The summed E-state index contributed by atoms with van der Waals surface area (Å²) in [6, 6.07) is 4.18. The number of aryl methyl sites for hydroxylation is 2. The molecular weight excluding hydrogens is 334 g/mol. The summed E-state index contributed by atoms with van der Waals surface area (Å²) >= 11 is 0. The summed E-state index contributed by atoms with van der Waals surface area (Å²) < 4.78 is 7.07. The van der Waals surface area contributed by atoms with Crippen LogP contribution in [0.4, 0.5) is 0 Å². The van der Waals surface area contributed by atoms with Gasteiger partial charge in [0, 0.05) is 31.5 Å². The quantitative estimate of drug-likeness (QED) is 0.832. The lowest BCUT2D eigenvalue weighted by molar-refractivity contribution is -0.132. The van der Waals surface area contributed by atoms with Crippen molar-refractivity contribution >= 4 is 11.8 Å². The average Bonchev–Trinajstić information content (AvgIpc) is 3.18. The molecule has 1 aliphatic carbocycles. The molecule has 138 valence electrons. The molecule has 8 heteroatoms. The van der Waals surface area contributed by atoms with Crippen molar-refractivity contribution in [2.75, 3.05) is 6.54 Å². The van der Waals surface area contributed by atoms with Crippen LogP contribution in [0.1, 0.15) is 42.1 Å². The Balaban J connectivity index is 1.32. The molecule has 1 saturated carbocycles. The third-order valence-corrected chi connectivity index (χ3v) is 4.75. The van der Waals surface area contributed by atoms with Crippen LogP contribution in [0.3, 0.4) is 0 Å². The maximum atomic E-state index is 12.5. The number of hydrogen-bond acceptors (Lipinski definition) is 5. The molecule has 2 aromatic heterocycles. The summed E-state index contributed by atoms with van der Waals surface area (Å²) in [6.45, 7) is 3.67. The first kappa shape index (κ1) is 16.8. The molecule has 2 aliphatic rings. The lowest BCUT2D eigenvalue weighted by Gasteiger charge is -2.27. The summed E-state index contributed by atoms with van der Waals surface area (Å²) in [5.74, 6) is 0.713. The Morgan fingerprint density at radius 3 is 2.88 bits per heavy atom. The molecule has 2 amide bonds. The number of carbonyl (C=O) groups excluding carboxylic acids is 2. The van der Waals surface area contributed by atoms with Gasteiger partial charge in [-0.05, 0) is 25.8 Å². The summed E-state index contributed by atoms with van der Waals surface area (Å²) in [7, 11) is 0. The summed E-state index contributed by atoms with van der Waals surface area (Å²) in [5.41, 5.74) is 2.70. The largest absolute Gasteiger partial charge is 0.361 e. The van der Waals surface area contributed by atoms with Gasteiger partial charge in [-0.3, -0.25) is 14.3 Å². The number of aromatic nitrogens is 3. The van der Waals surface area contributed by atoms with Crippen LogP contribution >= 0.6 is 0 Å². The molecule has 26 heavy (non-hydrogen) atoms. The molecule has 0 radical (unpaired) electrons. The molecule has 2 aromatic rings. The number of nitrogens with zero attached hydrogens (tertiary/aromatic N) is 4. The second-order valence-electron chi connectivity index (χ2n) is 7.12. The van der Waals surface area contributed by atoms with Crippen molar-refractivity contribution in [3.8, 4) is 0 Å². The van der Waals surface area contributed by atoms with Crippen molar-refractivity contribution < 1.29 is 14.1 Å². The minimum Gasteiger partial charge on any atom is -0.361 e. The summed E-state index contributed by atoms with van der Waals surface area (Å²) in [6.07, 6.45) is 3.51. The van der Waals surface area contributed by atoms with E-state index in [1.165, 1.54) is 0 Å². The van der Waals surface area contributed by atoms with Gasteiger partial charge in [-0.25, -0.2) is 0 Å². The van der Waals surface area contributed by atoms with Crippen LogP contribution in [0.25, 0.3) is 0 Å². The van der Waals surface area contributed by atoms with Crippen LogP contribution in [0.2, 0.25) is 0 Å². The Hall–Kier alpha value is -2.64. The van der Waals surface area contributed by atoms with Gasteiger partial charge in [-0.1, -0.05) is 5.16 Å². The molecule has 1 N–H and O–H groups in total. The van der Waals surface area contributed by atoms with Gasteiger partial charge in [-0.2, -0.15) is 5.10 Å². The molecule has 4 rings (SSSR count). The van der Waals surface area contributed by atoms with Crippen molar-refractivity contribution in [3.05, 3.63) is 35.0 Å². The Kier molecular flexibility index (Phi) is 4.48. The normalized spacial score (nSPS) is 16.4. The zero-order valence-corrected chi connectivity index (χ0v) is 14.9. The molecule has 0 aromatic carbocycles. The predicted molar refractivity (Wildman–Crippen MR) is 92.1 cm³/mol. The van der Waals surface area contributed by atoms with E-state index in [1.54, 1.807) is 6.07 Å². The van der Waals surface area contributed by atoms with Crippen molar-refractivity contribution in [3.63, 3.8) is 0 Å².